The lowest BCUT2D eigenvalue weighted by atomic mass is 10.1. The van der Waals surface area contributed by atoms with Crippen LogP contribution in [-0.4, -0.2) is 35.5 Å². The van der Waals surface area contributed by atoms with E-state index < -0.39 is 29.2 Å². The number of carboxylic acid groups (broad SMARTS) is 1. The molecule has 0 radical (unpaired) electrons. The zero-order valence-corrected chi connectivity index (χ0v) is 7.58. The van der Waals surface area contributed by atoms with Crippen LogP contribution in [0.2, 0.25) is 0 Å². The first kappa shape index (κ1) is 10.7. The molecule has 0 heterocycles. The predicted molar refractivity (Wildman–Crippen MR) is 43.0 cm³/mol. The largest absolute Gasteiger partial charge is 0.481 e. The molecule has 0 unspecified atom stereocenters. The van der Waals surface area contributed by atoms with Crippen molar-refractivity contribution in [2.75, 3.05) is 7.11 Å². The molecule has 0 amide bonds. The summed E-state index contributed by atoms with van der Waals surface area (Å²) in [6.45, 7) is 0. The minimum absolute atomic E-state index is 0.120. The van der Waals surface area contributed by atoms with E-state index in [1.54, 1.807) is 0 Å². The standard InChI is InChI=1S/C7H11NO6/c1-13-5-2-4(7(9)10)3-6(5)14-8(11)12/h4-6H,2-3H2,1H3,(H,9,10)/t4-,5-,6-/m0/s1. The fourth-order valence-corrected chi connectivity index (χ4v) is 1.63. The second kappa shape index (κ2) is 4.23. The summed E-state index contributed by atoms with van der Waals surface area (Å²) in [5, 5.41) is 17.9. The average Bonchev–Trinajstić information content (AvgIpc) is 2.46. The number of carbonyl (C=O) groups is 1. The van der Waals surface area contributed by atoms with Crippen LogP contribution in [0.4, 0.5) is 0 Å². The van der Waals surface area contributed by atoms with Gasteiger partial charge in [-0.05, 0) is 12.8 Å². The first-order valence-corrected chi connectivity index (χ1v) is 4.11. The van der Waals surface area contributed by atoms with E-state index in [1.807, 2.05) is 0 Å². The van der Waals surface area contributed by atoms with E-state index in [1.165, 1.54) is 7.11 Å². The molecule has 0 spiro atoms. The van der Waals surface area contributed by atoms with E-state index in [-0.39, 0.29) is 12.8 Å². The van der Waals surface area contributed by atoms with Crippen molar-refractivity contribution < 1.29 is 24.6 Å². The quantitative estimate of drug-likeness (QED) is 0.515. The van der Waals surface area contributed by atoms with Crippen molar-refractivity contribution >= 4 is 5.97 Å². The summed E-state index contributed by atoms with van der Waals surface area (Å²) < 4.78 is 4.91. The molecule has 7 nitrogen and oxygen atoms in total. The van der Waals surface area contributed by atoms with Gasteiger partial charge in [0.15, 0.2) is 0 Å². The molecular formula is C7H11NO6. The molecule has 1 saturated carbocycles. The van der Waals surface area contributed by atoms with Gasteiger partial charge in [0.1, 0.15) is 6.10 Å². The van der Waals surface area contributed by atoms with Crippen LogP contribution in [0.25, 0.3) is 0 Å². The summed E-state index contributed by atoms with van der Waals surface area (Å²) in [5.41, 5.74) is 0. The maximum absolute atomic E-state index is 10.6. The predicted octanol–water partition coefficient (Wildman–Crippen LogP) is 0.0729. The smallest absolute Gasteiger partial charge is 0.306 e. The summed E-state index contributed by atoms with van der Waals surface area (Å²) in [5.74, 6) is -1.59. The third kappa shape index (κ3) is 2.32. The van der Waals surface area contributed by atoms with Crippen LogP contribution in [0, 0.1) is 16.0 Å². The lowest BCUT2D eigenvalue weighted by molar-refractivity contribution is -0.770. The van der Waals surface area contributed by atoms with Crippen LogP contribution in [0.15, 0.2) is 0 Å². The van der Waals surface area contributed by atoms with Gasteiger partial charge in [0.25, 0.3) is 5.09 Å². The van der Waals surface area contributed by atoms with Crippen LogP contribution in [0.5, 0.6) is 0 Å². The SMILES string of the molecule is CO[C@H]1C[C@H](C(=O)O)C[C@@H]1O[N+](=O)[O-]. The van der Waals surface area contributed by atoms with E-state index in [0.717, 1.165) is 0 Å². The van der Waals surface area contributed by atoms with Gasteiger partial charge in [0, 0.05) is 7.11 Å². The third-order valence-corrected chi connectivity index (χ3v) is 2.32. The molecule has 0 aromatic carbocycles. The number of hydrogen-bond donors (Lipinski definition) is 1. The molecule has 14 heavy (non-hydrogen) atoms. The molecule has 0 aliphatic heterocycles. The van der Waals surface area contributed by atoms with Crippen molar-refractivity contribution in [1.82, 2.24) is 0 Å². The van der Waals surface area contributed by atoms with Crippen LogP contribution in [0.3, 0.4) is 0 Å². The highest BCUT2D eigenvalue weighted by Crippen LogP contribution is 2.30. The van der Waals surface area contributed by atoms with Gasteiger partial charge in [-0.1, -0.05) is 0 Å². The molecule has 0 aromatic rings. The Balaban J connectivity index is 2.57. The molecule has 80 valence electrons. The van der Waals surface area contributed by atoms with Crippen LogP contribution in [0.1, 0.15) is 12.8 Å². The zero-order chi connectivity index (χ0) is 10.7. The number of hydrogen-bond acceptors (Lipinski definition) is 5. The molecular weight excluding hydrogens is 194 g/mol. The van der Waals surface area contributed by atoms with Crippen molar-refractivity contribution in [3.63, 3.8) is 0 Å². The van der Waals surface area contributed by atoms with Crippen molar-refractivity contribution in [3.8, 4) is 0 Å². The first-order chi connectivity index (χ1) is 6.54. The molecule has 1 aliphatic carbocycles. The van der Waals surface area contributed by atoms with Gasteiger partial charge in [0.2, 0.25) is 0 Å². The van der Waals surface area contributed by atoms with Gasteiger partial charge in [-0.25, -0.2) is 0 Å². The summed E-state index contributed by atoms with van der Waals surface area (Å²) in [6, 6.07) is 0. The van der Waals surface area contributed by atoms with Crippen LogP contribution in [-0.2, 0) is 14.4 Å². The molecule has 0 bridgehead atoms. The Bertz CT molecular complexity index is 242. The molecule has 1 N–H and O–H groups in total. The van der Waals surface area contributed by atoms with E-state index >= 15 is 0 Å². The van der Waals surface area contributed by atoms with E-state index in [9.17, 15) is 14.9 Å². The zero-order valence-electron chi connectivity index (χ0n) is 7.58. The van der Waals surface area contributed by atoms with Crippen LogP contribution >= 0.6 is 0 Å². The van der Waals surface area contributed by atoms with Crippen molar-refractivity contribution in [2.45, 2.75) is 25.0 Å². The second-order valence-electron chi connectivity index (χ2n) is 3.15. The number of carboxylic acids is 1. The summed E-state index contributed by atoms with van der Waals surface area (Å²) in [7, 11) is 1.38. The Hall–Kier alpha value is -1.37. The van der Waals surface area contributed by atoms with E-state index in [0.29, 0.717) is 0 Å². The molecule has 1 rings (SSSR count). The van der Waals surface area contributed by atoms with Gasteiger partial charge in [0.05, 0.1) is 12.0 Å². The molecule has 0 saturated heterocycles. The minimum Gasteiger partial charge on any atom is -0.481 e. The molecule has 0 aromatic heterocycles. The maximum atomic E-state index is 10.6. The van der Waals surface area contributed by atoms with Gasteiger partial charge in [-0.2, -0.15) is 0 Å². The lowest BCUT2D eigenvalue weighted by Gasteiger charge is -2.14. The van der Waals surface area contributed by atoms with Gasteiger partial charge in [-0.3, -0.25) is 4.79 Å². The van der Waals surface area contributed by atoms with Gasteiger partial charge < -0.3 is 14.7 Å². The normalized spacial score (nSPS) is 31.4. The topological polar surface area (TPSA) is 98.9 Å². The minimum atomic E-state index is -0.971. The third-order valence-electron chi connectivity index (χ3n) is 2.32. The highest BCUT2D eigenvalue weighted by Gasteiger charge is 2.40. The Morgan fingerprint density at radius 2 is 2.07 bits per heavy atom. The molecule has 1 aliphatic rings. The van der Waals surface area contributed by atoms with E-state index in [4.69, 9.17) is 9.84 Å². The monoisotopic (exact) mass is 205 g/mol. The Labute approximate surface area is 79.7 Å². The Kier molecular flexibility index (Phi) is 3.23. The van der Waals surface area contributed by atoms with Crippen LogP contribution < -0.4 is 0 Å². The van der Waals surface area contributed by atoms with Crippen molar-refractivity contribution in [3.05, 3.63) is 10.1 Å². The fourth-order valence-electron chi connectivity index (χ4n) is 1.63. The number of nitrogens with zero attached hydrogens (tertiary/aromatic N) is 1. The Morgan fingerprint density at radius 1 is 1.50 bits per heavy atom. The van der Waals surface area contributed by atoms with Gasteiger partial charge in [-0.15, -0.1) is 10.1 Å². The highest BCUT2D eigenvalue weighted by atomic mass is 17.0. The van der Waals surface area contributed by atoms with Gasteiger partial charge >= 0.3 is 5.97 Å². The molecule has 3 atom stereocenters. The van der Waals surface area contributed by atoms with E-state index in [2.05, 4.69) is 4.84 Å². The number of rotatable bonds is 4. The summed E-state index contributed by atoms with van der Waals surface area (Å²) >= 11 is 0. The highest BCUT2D eigenvalue weighted by molar-refractivity contribution is 5.70. The maximum Gasteiger partial charge on any atom is 0.306 e. The summed E-state index contributed by atoms with van der Waals surface area (Å²) in [6.07, 6.45) is -0.906. The lowest BCUT2D eigenvalue weighted by Crippen LogP contribution is -2.27. The first-order valence-electron chi connectivity index (χ1n) is 4.11. The Morgan fingerprint density at radius 3 is 2.50 bits per heavy atom. The summed E-state index contributed by atoms with van der Waals surface area (Å²) in [4.78, 5) is 25.0. The molecule has 7 heteroatoms. The number of aliphatic carboxylic acids is 1. The van der Waals surface area contributed by atoms with Crippen molar-refractivity contribution in [1.29, 1.82) is 0 Å². The fraction of sp³-hybridized carbons (Fsp3) is 0.857. The average molecular weight is 205 g/mol. The molecule has 1 fully saturated rings. The number of methoxy groups -OCH3 is 1. The number of ether oxygens (including phenoxy) is 1. The second-order valence-corrected chi connectivity index (χ2v) is 3.15. The van der Waals surface area contributed by atoms with Crippen molar-refractivity contribution in [2.24, 2.45) is 5.92 Å².